The Labute approximate surface area is 104 Å². The zero-order valence-corrected chi connectivity index (χ0v) is 10.2. The Bertz CT molecular complexity index is 525. The van der Waals surface area contributed by atoms with Crippen molar-refractivity contribution in [2.45, 2.75) is 17.2 Å². The van der Waals surface area contributed by atoms with Crippen LogP contribution in [0.25, 0.3) is 0 Å². The van der Waals surface area contributed by atoms with Crippen molar-refractivity contribution in [2.75, 3.05) is 18.5 Å². The predicted octanol–water partition coefficient (Wildman–Crippen LogP) is -1.91. The lowest BCUT2D eigenvalue weighted by Gasteiger charge is -2.16. The number of aromatic nitrogens is 1. The minimum Gasteiger partial charge on any atom is -0.389 e. The molecule has 0 amide bonds. The van der Waals surface area contributed by atoms with Gasteiger partial charge in [-0.3, -0.25) is 5.84 Å². The number of hydrogen-bond donors (Lipinski definition) is 4. The van der Waals surface area contributed by atoms with Crippen molar-refractivity contribution in [2.24, 2.45) is 5.84 Å². The number of nitrogens with zero attached hydrogens (tertiary/aromatic N) is 2. The largest absolute Gasteiger partial charge is 0.389 e. The first-order valence-corrected chi connectivity index (χ1v) is 6.68. The molecule has 2 rings (SSSR count). The van der Waals surface area contributed by atoms with E-state index in [0.717, 1.165) is 4.31 Å². The van der Waals surface area contributed by atoms with Crippen molar-refractivity contribution in [3.8, 4) is 0 Å². The molecule has 2 heterocycles. The van der Waals surface area contributed by atoms with Crippen LogP contribution in [-0.4, -0.2) is 53.2 Å². The van der Waals surface area contributed by atoms with Gasteiger partial charge in [-0.1, -0.05) is 0 Å². The Kier molecular flexibility index (Phi) is 3.50. The third-order valence-corrected chi connectivity index (χ3v) is 4.53. The Balaban J connectivity index is 2.37. The molecule has 1 aromatic rings. The van der Waals surface area contributed by atoms with Crippen molar-refractivity contribution >= 4 is 15.7 Å². The Hall–Kier alpha value is -1.26. The highest BCUT2D eigenvalue weighted by atomic mass is 32.2. The molecule has 0 bridgehead atoms. The fourth-order valence-corrected chi connectivity index (χ4v) is 3.30. The maximum Gasteiger partial charge on any atom is 0.262 e. The van der Waals surface area contributed by atoms with Crippen LogP contribution in [0.4, 0.5) is 5.69 Å². The lowest BCUT2D eigenvalue weighted by molar-refractivity contribution is 0.0572. The number of anilines is 1. The van der Waals surface area contributed by atoms with Gasteiger partial charge in [0.2, 0.25) is 0 Å². The van der Waals surface area contributed by atoms with Gasteiger partial charge in [0.15, 0.2) is 5.03 Å². The smallest absolute Gasteiger partial charge is 0.262 e. The summed E-state index contributed by atoms with van der Waals surface area (Å²) >= 11 is 0. The van der Waals surface area contributed by atoms with Gasteiger partial charge in [-0.05, 0) is 12.1 Å². The normalized spacial score (nSPS) is 25.3. The zero-order valence-electron chi connectivity index (χ0n) is 9.39. The molecule has 0 aliphatic carbocycles. The van der Waals surface area contributed by atoms with Gasteiger partial charge in [-0.25, -0.2) is 13.4 Å². The average molecular weight is 274 g/mol. The van der Waals surface area contributed by atoms with E-state index in [-0.39, 0.29) is 23.8 Å². The van der Waals surface area contributed by atoms with Crippen molar-refractivity contribution in [3.63, 3.8) is 0 Å². The van der Waals surface area contributed by atoms with Crippen LogP contribution in [0.2, 0.25) is 0 Å². The Morgan fingerprint density at radius 1 is 1.39 bits per heavy atom. The first-order chi connectivity index (χ1) is 8.46. The lowest BCUT2D eigenvalue weighted by Crippen LogP contribution is -2.31. The summed E-state index contributed by atoms with van der Waals surface area (Å²) in [6.07, 6.45) is -0.841. The number of hydrogen-bond acceptors (Lipinski definition) is 7. The van der Waals surface area contributed by atoms with E-state index in [0.29, 0.717) is 0 Å². The highest BCUT2D eigenvalue weighted by Crippen LogP contribution is 2.24. The van der Waals surface area contributed by atoms with E-state index in [2.05, 4.69) is 10.4 Å². The van der Waals surface area contributed by atoms with E-state index in [9.17, 15) is 18.6 Å². The number of sulfonamides is 1. The number of nitrogens with two attached hydrogens (primary N) is 1. The van der Waals surface area contributed by atoms with E-state index in [4.69, 9.17) is 5.84 Å². The van der Waals surface area contributed by atoms with Crippen molar-refractivity contribution < 1.29 is 18.6 Å². The molecule has 18 heavy (non-hydrogen) atoms. The molecule has 9 heteroatoms. The Morgan fingerprint density at radius 2 is 2.00 bits per heavy atom. The maximum atomic E-state index is 12.3. The molecule has 1 fully saturated rings. The number of pyridine rings is 1. The van der Waals surface area contributed by atoms with Gasteiger partial charge >= 0.3 is 0 Å². The molecule has 0 aromatic carbocycles. The molecule has 1 aliphatic rings. The summed E-state index contributed by atoms with van der Waals surface area (Å²) in [4.78, 5) is 3.78. The third kappa shape index (κ3) is 2.18. The van der Waals surface area contributed by atoms with E-state index in [1.807, 2.05) is 0 Å². The second-order valence-electron chi connectivity index (χ2n) is 3.96. The summed E-state index contributed by atoms with van der Waals surface area (Å²) in [6, 6.07) is 3.02. The van der Waals surface area contributed by atoms with Crippen molar-refractivity contribution in [3.05, 3.63) is 18.3 Å². The second kappa shape index (κ2) is 4.78. The van der Waals surface area contributed by atoms with E-state index in [1.54, 1.807) is 6.07 Å². The lowest BCUT2D eigenvalue weighted by atomic mass is 10.3. The summed E-state index contributed by atoms with van der Waals surface area (Å²) in [5, 5.41) is 18.5. The SMILES string of the molecule is NNc1cccnc1S(=O)(=O)N1CC(O)C(O)C1. The number of β-amino-alcohol motifs (C(OH)–C–C–N with tert-alkyl or cyclic N) is 2. The van der Waals surface area contributed by atoms with Crippen molar-refractivity contribution in [1.82, 2.24) is 9.29 Å². The quantitative estimate of drug-likeness (QED) is 0.374. The molecule has 0 spiro atoms. The number of aliphatic hydroxyl groups is 2. The van der Waals surface area contributed by atoms with Gasteiger partial charge in [0.1, 0.15) is 0 Å². The molecule has 8 nitrogen and oxygen atoms in total. The minimum atomic E-state index is -3.89. The van der Waals surface area contributed by atoms with Crippen LogP contribution in [0.15, 0.2) is 23.4 Å². The minimum absolute atomic E-state index is 0.161. The number of aliphatic hydroxyl groups excluding tert-OH is 2. The van der Waals surface area contributed by atoms with Gasteiger partial charge in [0, 0.05) is 19.3 Å². The van der Waals surface area contributed by atoms with Crippen LogP contribution in [0.1, 0.15) is 0 Å². The standard InChI is InChI=1S/C9H14N4O4S/c10-12-6-2-1-3-11-9(6)18(16,17)13-4-7(14)8(15)5-13/h1-3,7-8,12,14-15H,4-5,10H2. The van der Waals surface area contributed by atoms with Crippen LogP contribution in [0, 0.1) is 0 Å². The molecule has 1 saturated heterocycles. The first-order valence-electron chi connectivity index (χ1n) is 5.24. The number of nitrogen functional groups attached to an aromatic ring is 1. The van der Waals surface area contributed by atoms with Gasteiger partial charge in [0.05, 0.1) is 17.9 Å². The topological polar surface area (TPSA) is 129 Å². The molecular weight excluding hydrogens is 260 g/mol. The fraction of sp³-hybridized carbons (Fsp3) is 0.444. The van der Waals surface area contributed by atoms with Crippen LogP contribution in [0.5, 0.6) is 0 Å². The maximum absolute atomic E-state index is 12.3. The Morgan fingerprint density at radius 3 is 2.56 bits per heavy atom. The van der Waals surface area contributed by atoms with Gasteiger partial charge in [-0.2, -0.15) is 4.31 Å². The highest BCUT2D eigenvalue weighted by Gasteiger charge is 2.39. The van der Waals surface area contributed by atoms with Crippen LogP contribution >= 0.6 is 0 Å². The van der Waals surface area contributed by atoms with Crippen LogP contribution in [0.3, 0.4) is 0 Å². The molecule has 1 aliphatic heterocycles. The summed E-state index contributed by atoms with van der Waals surface area (Å²) in [5.74, 6) is 5.23. The molecule has 5 N–H and O–H groups in total. The molecule has 100 valence electrons. The molecule has 2 atom stereocenters. The highest BCUT2D eigenvalue weighted by molar-refractivity contribution is 7.89. The van der Waals surface area contributed by atoms with E-state index < -0.39 is 22.2 Å². The zero-order chi connectivity index (χ0) is 13.3. The monoisotopic (exact) mass is 274 g/mol. The molecule has 0 saturated carbocycles. The fourth-order valence-electron chi connectivity index (χ4n) is 1.76. The summed E-state index contributed by atoms with van der Waals surface area (Å²) in [5.41, 5.74) is 2.41. The van der Waals surface area contributed by atoms with Crippen LogP contribution < -0.4 is 11.3 Å². The van der Waals surface area contributed by atoms with E-state index in [1.165, 1.54) is 12.3 Å². The molecule has 0 radical (unpaired) electrons. The van der Waals surface area contributed by atoms with Gasteiger partial charge in [0.25, 0.3) is 10.0 Å². The number of rotatable bonds is 3. The summed E-state index contributed by atoms with van der Waals surface area (Å²) in [7, 11) is -3.89. The first kappa shape index (κ1) is 13.2. The third-order valence-electron chi connectivity index (χ3n) is 2.74. The summed E-state index contributed by atoms with van der Waals surface area (Å²) in [6.45, 7) is -0.325. The predicted molar refractivity (Wildman–Crippen MR) is 62.8 cm³/mol. The van der Waals surface area contributed by atoms with Crippen molar-refractivity contribution in [1.29, 1.82) is 0 Å². The molecule has 2 unspecified atom stereocenters. The number of hydrazine groups is 1. The van der Waals surface area contributed by atoms with Gasteiger partial charge in [-0.15, -0.1) is 0 Å². The second-order valence-corrected chi connectivity index (χ2v) is 5.81. The average Bonchev–Trinajstić information content (AvgIpc) is 2.70. The molecular formula is C9H14N4O4S. The number of nitrogens with one attached hydrogen (secondary N) is 1. The summed E-state index contributed by atoms with van der Waals surface area (Å²) < 4.78 is 25.5. The van der Waals surface area contributed by atoms with Crippen LogP contribution in [-0.2, 0) is 10.0 Å². The molecule has 1 aromatic heterocycles. The van der Waals surface area contributed by atoms with Gasteiger partial charge < -0.3 is 15.6 Å². The van der Waals surface area contributed by atoms with E-state index >= 15 is 0 Å².